The number of carbonyl (C=O) groups excluding carboxylic acids is 1. The van der Waals surface area contributed by atoms with E-state index in [1.807, 2.05) is 26.8 Å². The molecule has 0 amide bonds. The predicted molar refractivity (Wildman–Crippen MR) is 215 cm³/mol. The molecule has 0 aliphatic heterocycles. The Kier molecular flexibility index (Phi) is 15.1. The van der Waals surface area contributed by atoms with Gasteiger partial charge in [0.15, 0.2) is 0 Å². The number of nitrogens with two attached hydrogens (primary N) is 1. The highest BCUT2D eigenvalue weighted by molar-refractivity contribution is 7.18. The minimum Gasteiger partial charge on any atom is -0.495 e. The van der Waals surface area contributed by atoms with Gasteiger partial charge in [0.05, 0.1) is 52.1 Å². The number of carboxylic acid groups (broad SMARTS) is 1. The maximum absolute atomic E-state index is 12.7. The molecule has 6 aromatic rings. The van der Waals surface area contributed by atoms with Crippen LogP contribution in [0.5, 0.6) is 11.5 Å². The van der Waals surface area contributed by atoms with Gasteiger partial charge in [-0.15, -0.1) is 0 Å². The number of thiazole rings is 2. The third-order valence-corrected chi connectivity index (χ3v) is 10.5. The second-order valence-electron chi connectivity index (χ2n) is 11.9. The molecule has 0 saturated heterocycles. The Bertz CT molecular complexity index is 2260. The highest BCUT2D eigenvalue weighted by Gasteiger charge is 2.22. The van der Waals surface area contributed by atoms with Crippen molar-refractivity contribution in [2.45, 2.75) is 52.7 Å². The van der Waals surface area contributed by atoms with Gasteiger partial charge in [-0.25, -0.2) is 24.7 Å². The van der Waals surface area contributed by atoms with Crippen molar-refractivity contribution in [2.24, 2.45) is 0 Å². The van der Waals surface area contributed by atoms with Crippen molar-refractivity contribution in [3.05, 3.63) is 96.7 Å². The second-order valence-corrected chi connectivity index (χ2v) is 15.0. The third-order valence-electron chi connectivity index (χ3n) is 8.16. The van der Waals surface area contributed by atoms with Gasteiger partial charge >= 0.3 is 5.97 Å². The third kappa shape index (κ3) is 10.4. The van der Waals surface area contributed by atoms with Crippen molar-refractivity contribution >= 4 is 84.0 Å². The number of aryl methyl sites for hydroxylation is 2. The van der Waals surface area contributed by atoms with Crippen molar-refractivity contribution in [3.8, 4) is 11.5 Å². The molecule has 286 valence electrons. The number of methoxy groups -OCH3 is 4. The quantitative estimate of drug-likeness (QED) is 0.119. The van der Waals surface area contributed by atoms with Crippen LogP contribution < -0.4 is 15.2 Å². The Hall–Kier alpha value is -4.44. The molecular formula is C38H41Cl2N5O7S2. The van der Waals surface area contributed by atoms with E-state index < -0.39 is 5.97 Å². The molecule has 54 heavy (non-hydrogen) atoms. The lowest BCUT2D eigenvalue weighted by molar-refractivity contribution is -0.117. The fourth-order valence-corrected chi connectivity index (χ4v) is 7.55. The number of benzene rings is 2. The number of nitrogen functional groups attached to an aromatic ring is 1. The summed E-state index contributed by atoms with van der Waals surface area (Å²) in [5.41, 5.74) is 10.9. The fourth-order valence-electron chi connectivity index (χ4n) is 5.45. The minimum atomic E-state index is -1.01. The molecule has 16 heteroatoms. The summed E-state index contributed by atoms with van der Waals surface area (Å²) in [7, 11) is 6.33. The van der Waals surface area contributed by atoms with Crippen LogP contribution in [-0.2, 0) is 27.1 Å². The zero-order chi connectivity index (χ0) is 39.7. The minimum absolute atomic E-state index is 0.0777. The molecule has 12 nitrogen and oxygen atoms in total. The molecule has 0 aliphatic rings. The number of rotatable bonds is 11. The average Bonchev–Trinajstić information content (AvgIpc) is 3.71. The van der Waals surface area contributed by atoms with E-state index in [0.717, 1.165) is 41.9 Å². The van der Waals surface area contributed by atoms with Gasteiger partial charge in [-0.3, -0.25) is 4.79 Å². The van der Waals surface area contributed by atoms with Crippen molar-refractivity contribution in [2.75, 3.05) is 34.2 Å². The van der Waals surface area contributed by atoms with E-state index in [0.29, 0.717) is 44.7 Å². The number of nitrogens with zero attached hydrogens (tertiary/aromatic N) is 4. The lowest BCUT2D eigenvalue weighted by atomic mass is 9.97. The summed E-state index contributed by atoms with van der Waals surface area (Å²) in [5, 5.41) is 12.0. The Balaban J connectivity index is 0.000000204. The van der Waals surface area contributed by atoms with Gasteiger partial charge in [0.2, 0.25) is 0 Å². The molecule has 0 radical (unpaired) electrons. The molecule has 0 saturated carbocycles. The molecular weight excluding hydrogens is 773 g/mol. The molecule has 0 spiro atoms. The Morgan fingerprint density at radius 2 is 1.30 bits per heavy atom. The van der Waals surface area contributed by atoms with Crippen LogP contribution in [0.3, 0.4) is 0 Å². The van der Waals surface area contributed by atoms with Crippen molar-refractivity contribution in [1.29, 1.82) is 0 Å². The van der Waals surface area contributed by atoms with Crippen LogP contribution in [0.2, 0.25) is 10.0 Å². The molecule has 2 unspecified atom stereocenters. The van der Waals surface area contributed by atoms with Crippen LogP contribution in [0.15, 0.2) is 48.8 Å². The summed E-state index contributed by atoms with van der Waals surface area (Å²) in [6.07, 6.45) is 3.20. The van der Waals surface area contributed by atoms with E-state index in [-0.39, 0.29) is 30.0 Å². The number of fused-ring (bicyclic) bond motifs is 2. The molecule has 4 aromatic heterocycles. The smallest absolute Gasteiger partial charge is 0.337 e. The SMILES string of the molecule is COC(C)c1c(C(=O)O)cnc2sc(C)nc12.COc1ccc(CC(=O)Cc2cnc3sc(C)nc3c2C(C)OC)cc1Cl.COc1ccc(N)cc1Cl. The Morgan fingerprint density at radius 1 is 0.778 bits per heavy atom. The van der Waals surface area contributed by atoms with E-state index in [1.54, 1.807) is 83.2 Å². The van der Waals surface area contributed by atoms with E-state index in [1.165, 1.54) is 17.5 Å². The maximum Gasteiger partial charge on any atom is 0.337 e. The number of aromatic carboxylic acids is 1. The normalized spacial score (nSPS) is 12.0. The summed E-state index contributed by atoms with van der Waals surface area (Å²) in [6.45, 7) is 7.58. The number of hydrogen-bond donors (Lipinski definition) is 2. The van der Waals surface area contributed by atoms with E-state index in [2.05, 4.69) is 19.9 Å². The molecule has 0 bridgehead atoms. The summed E-state index contributed by atoms with van der Waals surface area (Å²) in [5.74, 6) is 0.311. The molecule has 2 aromatic carbocycles. The van der Waals surface area contributed by atoms with Crippen LogP contribution in [0, 0.1) is 13.8 Å². The van der Waals surface area contributed by atoms with Gasteiger partial charge in [0, 0.05) is 56.3 Å². The predicted octanol–water partition coefficient (Wildman–Crippen LogP) is 9.06. The number of anilines is 1. The topological polar surface area (TPSA) is 169 Å². The lowest BCUT2D eigenvalue weighted by Crippen LogP contribution is -2.11. The maximum atomic E-state index is 12.7. The van der Waals surface area contributed by atoms with Gasteiger partial charge in [-0.05, 0) is 69.2 Å². The first kappa shape index (κ1) is 42.3. The molecule has 0 fully saturated rings. The summed E-state index contributed by atoms with van der Waals surface area (Å²) in [4.78, 5) is 43.0. The average molecular weight is 815 g/mol. The van der Waals surface area contributed by atoms with Crippen LogP contribution in [0.25, 0.3) is 20.7 Å². The first-order valence-corrected chi connectivity index (χ1v) is 18.8. The lowest BCUT2D eigenvalue weighted by Gasteiger charge is -2.15. The van der Waals surface area contributed by atoms with E-state index in [9.17, 15) is 9.59 Å². The largest absolute Gasteiger partial charge is 0.495 e. The van der Waals surface area contributed by atoms with Gasteiger partial charge < -0.3 is 29.8 Å². The molecule has 4 heterocycles. The van der Waals surface area contributed by atoms with Gasteiger partial charge in [-0.1, -0.05) is 51.9 Å². The van der Waals surface area contributed by atoms with Gasteiger partial charge in [0.25, 0.3) is 0 Å². The number of ether oxygens (including phenoxy) is 4. The number of hydrogen-bond acceptors (Lipinski definition) is 13. The van der Waals surface area contributed by atoms with Gasteiger partial charge in [0.1, 0.15) is 38.0 Å². The molecule has 3 N–H and O–H groups in total. The van der Waals surface area contributed by atoms with Crippen molar-refractivity contribution < 1.29 is 33.6 Å². The monoisotopic (exact) mass is 813 g/mol. The highest BCUT2D eigenvalue weighted by atomic mass is 35.5. The number of Topliss-reactive ketones (excluding diaryl/α,β-unsaturated/α-hetero) is 1. The van der Waals surface area contributed by atoms with Crippen molar-refractivity contribution in [3.63, 3.8) is 0 Å². The zero-order valence-electron chi connectivity index (χ0n) is 31.0. The van der Waals surface area contributed by atoms with E-state index >= 15 is 0 Å². The number of carboxylic acids is 1. The van der Waals surface area contributed by atoms with Crippen molar-refractivity contribution in [1.82, 2.24) is 19.9 Å². The molecule has 2 atom stereocenters. The standard InChI is InChI=1S/C20H21ClN2O3S.C11H12N2O3S.C7H8ClNO/c1-11(25-3)18-14(10-22-20-19(18)23-12(2)27-20)9-15(24)7-13-5-6-17(26-4)16(21)8-13;1-5(16-3)8-7(11(14)15)4-12-10-9(8)13-6(2)17-10;1-10-7-3-2-5(9)4-6(7)8/h5-6,8,10-11H,7,9H2,1-4H3;4-5H,1-3H3,(H,14,15);2-4H,9H2,1H3. The van der Waals surface area contributed by atoms with Crippen LogP contribution >= 0.6 is 45.9 Å². The number of pyridine rings is 2. The van der Waals surface area contributed by atoms with Gasteiger partial charge in [-0.2, -0.15) is 0 Å². The zero-order valence-corrected chi connectivity index (χ0v) is 34.2. The molecule has 0 aliphatic carbocycles. The Labute approximate surface area is 331 Å². The first-order chi connectivity index (χ1) is 25.7. The summed E-state index contributed by atoms with van der Waals surface area (Å²) in [6, 6.07) is 10.5. The number of carbonyl (C=O) groups is 2. The van der Waals surface area contributed by atoms with Crippen LogP contribution in [0.1, 0.15) is 68.7 Å². The summed E-state index contributed by atoms with van der Waals surface area (Å²) < 4.78 is 20.8. The number of aromatic nitrogens is 4. The second kappa shape index (κ2) is 19.2. The number of halogens is 2. The van der Waals surface area contributed by atoms with Crippen LogP contribution in [-0.4, -0.2) is 65.2 Å². The first-order valence-electron chi connectivity index (χ1n) is 16.4. The highest BCUT2D eigenvalue weighted by Crippen LogP contribution is 2.33. The van der Waals surface area contributed by atoms with Crippen LogP contribution in [0.4, 0.5) is 5.69 Å². The Morgan fingerprint density at radius 3 is 1.81 bits per heavy atom. The number of ketones is 1. The summed E-state index contributed by atoms with van der Waals surface area (Å²) >= 11 is 14.9. The molecule has 6 rings (SSSR count). The van der Waals surface area contributed by atoms with E-state index in [4.69, 9.17) is 53.0 Å². The fraction of sp³-hybridized carbons (Fsp3) is 0.316.